The molecular formula is C56H37NO. The van der Waals surface area contributed by atoms with Crippen molar-refractivity contribution < 1.29 is 9.90 Å². The van der Waals surface area contributed by atoms with E-state index in [9.17, 15) is 5.48 Å². The highest BCUT2D eigenvalue weighted by Gasteiger charge is 2.17. The highest BCUT2D eigenvalue weighted by molar-refractivity contribution is 6.19. The molecule has 11 rings (SSSR count). The Morgan fingerprint density at radius 1 is 0.328 bits per heavy atom. The van der Waals surface area contributed by atoms with Crippen molar-refractivity contribution in [3.8, 4) is 44.5 Å². The average molecular weight is 744 g/mol. The van der Waals surface area contributed by atoms with Crippen molar-refractivity contribution in [2.45, 2.75) is 0 Å². The predicted octanol–water partition coefficient (Wildman–Crippen LogP) is 16.0. The Bertz CT molecular complexity index is 3450. The van der Waals surface area contributed by atoms with E-state index < -0.39 is 0 Å². The first-order chi connectivity index (χ1) is 30.4. The summed E-state index contributed by atoms with van der Waals surface area (Å²) in [6.45, 7) is 0. The zero-order valence-electron chi connectivity index (χ0n) is 35.4. The van der Waals surface area contributed by atoms with Gasteiger partial charge in [0.25, 0.3) is 0 Å². The lowest BCUT2D eigenvalue weighted by Gasteiger charge is -2.26. The van der Waals surface area contributed by atoms with E-state index in [0.717, 1.165) is 76.9 Å². The first-order valence-electron chi connectivity index (χ1n) is 21.5. The zero-order chi connectivity index (χ0) is 41.9. The maximum Gasteiger partial charge on any atom is 0.143 e. The fraction of sp³-hybridized carbons (Fsp3) is 0. The fourth-order valence-corrected chi connectivity index (χ4v) is 8.28. The van der Waals surface area contributed by atoms with Crippen LogP contribution < -0.4 is 4.90 Å². The van der Waals surface area contributed by atoms with Crippen LogP contribution in [0.1, 0.15) is 5.48 Å². The topological polar surface area (TPSA) is 16.4 Å². The van der Waals surface area contributed by atoms with Gasteiger partial charge in [0.1, 0.15) is 11.2 Å². The van der Waals surface area contributed by atoms with Crippen LogP contribution in [-0.2, 0) is 0 Å². The van der Waals surface area contributed by atoms with Gasteiger partial charge in [0.2, 0.25) is 0 Å². The van der Waals surface area contributed by atoms with Crippen molar-refractivity contribution >= 4 is 60.5 Å². The molecule has 0 aliphatic heterocycles. The molecule has 58 heavy (non-hydrogen) atoms. The first kappa shape index (κ1) is 29.6. The standard InChI is InChI=1S/C56H37NO/c1-2-10-38(11-3-1)39-20-22-40(23-21-39)41-24-31-46(32-25-41)57(47-33-26-44(27-34-47)50-17-8-14-42-12-4-6-15-49(42)50)48-35-28-45(29-36-48)51-18-9-19-54-55(51)53-37-30-43-13-5-7-16-52(43)56(53)58-54/h1-37H/i24D,25D,31D,32D. The number of hydrogen-bond donors (Lipinski definition) is 0. The third kappa shape index (κ3) is 5.91. The second-order valence-corrected chi connectivity index (χ2v) is 14.6. The van der Waals surface area contributed by atoms with Gasteiger partial charge in [0.15, 0.2) is 0 Å². The first-order valence-corrected chi connectivity index (χ1v) is 19.5. The molecule has 0 saturated carbocycles. The van der Waals surface area contributed by atoms with E-state index >= 15 is 0 Å². The minimum absolute atomic E-state index is 0.103. The predicted molar refractivity (Wildman–Crippen MR) is 245 cm³/mol. The second-order valence-electron chi connectivity index (χ2n) is 14.6. The molecule has 0 aliphatic rings. The Morgan fingerprint density at radius 3 is 1.55 bits per heavy atom. The van der Waals surface area contributed by atoms with Crippen molar-refractivity contribution in [3.63, 3.8) is 0 Å². The number of benzene rings is 10. The molecule has 2 nitrogen and oxygen atoms in total. The number of anilines is 3. The van der Waals surface area contributed by atoms with Crippen LogP contribution in [0.15, 0.2) is 229 Å². The highest BCUT2D eigenvalue weighted by Crippen LogP contribution is 2.42. The summed E-state index contributed by atoms with van der Waals surface area (Å²) in [6.07, 6.45) is 0. The van der Waals surface area contributed by atoms with Gasteiger partial charge in [-0.25, -0.2) is 0 Å². The Hall–Kier alpha value is -7.68. The molecule has 272 valence electrons. The summed E-state index contributed by atoms with van der Waals surface area (Å²) in [5, 5.41) is 6.58. The molecule has 1 heterocycles. The highest BCUT2D eigenvalue weighted by atomic mass is 16.3. The molecule has 0 aliphatic carbocycles. The van der Waals surface area contributed by atoms with Gasteiger partial charge in [0, 0.05) is 33.2 Å². The zero-order valence-corrected chi connectivity index (χ0v) is 31.4. The number of nitrogens with zero attached hydrogens (tertiary/aromatic N) is 1. The average Bonchev–Trinajstić information content (AvgIpc) is 3.73. The summed E-state index contributed by atoms with van der Waals surface area (Å²) in [5.74, 6) is 0. The molecule has 0 fully saturated rings. The van der Waals surface area contributed by atoms with E-state index in [-0.39, 0.29) is 35.4 Å². The quantitative estimate of drug-likeness (QED) is 0.162. The lowest BCUT2D eigenvalue weighted by molar-refractivity contribution is 0.673. The van der Waals surface area contributed by atoms with Gasteiger partial charge in [-0.1, -0.05) is 176 Å². The fourth-order valence-electron chi connectivity index (χ4n) is 8.28. The molecule has 1 aromatic heterocycles. The van der Waals surface area contributed by atoms with Crippen molar-refractivity contribution in [1.29, 1.82) is 0 Å². The van der Waals surface area contributed by atoms with Crippen LogP contribution in [0.5, 0.6) is 0 Å². The van der Waals surface area contributed by atoms with Crippen LogP contribution in [0.25, 0.3) is 88.0 Å². The minimum Gasteiger partial charge on any atom is -0.455 e. The molecule has 0 unspecified atom stereocenters. The van der Waals surface area contributed by atoms with Crippen LogP contribution in [0, 0.1) is 0 Å². The molecule has 0 bridgehead atoms. The SMILES string of the molecule is [2H]c1c([2H])c(N(c2ccc(-c3cccc4ccccc34)cc2)c2ccc(-c3cccc4oc5c6ccccc6ccc5c34)cc2)c([2H])c([2H])c1-c1ccc(-c2ccccc2)cc1. The maximum absolute atomic E-state index is 9.54. The lowest BCUT2D eigenvalue weighted by atomic mass is 9.97. The Morgan fingerprint density at radius 2 is 0.845 bits per heavy atom. The summed E-state index contributed by atoms with van der Waals surface area (Å²) < 4.78 is 44.3. The third-order valence-corrected chi connectivity index (χ3v) is 11.2. The molecule has 0 radical (unpaired) electrons. The van der Waals surface area contributed by atoms with Gasteiger partial charge >= 0.3 is 0 Å². The molecule has 0 saturated heterocycles. The van der Waals surface area contributed by atoms with Crippen LogP contribution in [0.4, 0.5) is 17.1 Å². The van der Waals surface area contributed by atoms with Crippen molar-refractivity contribution in [3.05, 3.63) is 224 Å². The largest absolute Gasteiger partial charge is 0.455 e. The number of hydrogen-bond acceptors (Lipinski definition) is 2. The van der Waals surface area contributed by atoms with Gasteiger partial charge < -0.3 is 9.32 Å². The van der Waals surface area contributed by atoms with E-state index in [2.05, 4.69) is 84.9 Å². The molecule has 0 atom stereocenters. The third-order valence-electron chi connectivity index (χ3n) is 11.2. The van der Waals surface area contributed by atoms with E-state index in [1.165, 1.54) is 0 Å². The van der Waals surface area contributed by atoms with Crippen LogP contribution in [-0.4, -0.2) is 0 Å². The summed E-state index contributed by atoms with van der Waals surface area (Å²) in [7, 11) is 0. The van der Waals surface area contributed by atoms with E-state index in [1.54, 1.807) is 0 Å². The molecule has 11 aromatic rings. The summed E-state index contributed by atoms with van der Waals surface area (Å²) in [5.41, 5.74) is 10.3. The Balaban J connectivity index is 1.04. The Labute approximate surface area is 343 Å². The molecule has 10 aromatic carbocycles. The number of fused-ring (bicyclic) bond motifs is 6. The van der Waals surface area contributed by atoms with Gasteiger partial charge in [-0.2, -0.15) is 0 Å². The van der Waals surface area contributed by atoms with Crippen molar-refractivity contribution in [2.75, 3.05) is 4.90 Å². The van der Waals surface area contributed by atoms with Gasteiger partial charge in [-0.15, -0.1) is 0 Å². The Kier molecular flexibility index (Phi) is 7.20. The number of furan rings is 1. The maximum atomic E-state index is 9.54. The van der Waals surface area contributed by atoms with Gasteiger partial charge in [-0.3, -0.25) is 0 Å². The monoisotopic (exact) mass is 743 g/mol. The van der Waals surface area contributed by atoms with E-state index in [4.69, 9.17) is 4.42 Å². The number of rotatable bonds is 7. The van der Waals surface area contributed by atoms with Crippen LogP contribution in [0.3, 0.4) is 0 Å². The van der Waals surface area contributed by atoms with E-state index in [1.807, 2.05) is 120 Å². The molecule has 2 heteroatoms. The molecule has 0 amide bonds. The summed E-state index contributed by atoms with van der Waals surface area (Å²) in [4.78, 5) is 1.85. The van der Waals surface area contributed by atoms with Crippen LogP contribution >= 0.6 is 0 Å². The summed E-state index contributed by atoms with van der Waals surface area (Å²) >= 11 is 0. The normalized spacial score (nSPS) is 12.4. The molecule has 0 N–H and O–H groups in total. The van der Waals surface area contributed by atoms with Gasteiger partial charge in [-0.05, 0) is 109 Å². The lowest BCUT2D eigenvalue weighted by Crippen LogP contribution is -2.09. The van der Waals surface area contributed by atoms with Gasteiger partial charge in [0.05, 0.1) is 5.48 Å². The minimum atomic E-state index is -0.128. The second kappa shape index (κ2) is 14.1. The van der Waals surface area contributed by atoms with Crippen LogP contribution in [0.2, 0.25) is 0 Å². The van der Waals surface area contributed by atoms with Crippen molar-refractivity contribution in [2.24, 2.45) is 0 Å². The summed E-state index contributed by atoms with van der Waals surface area (Å²) in [6, 6.07) is 66.8. The van der Waals surface area contributed by atoms with E-state index in [0.29, 0.717) is 16.9 Å². The molecular weight excluding hydrogens is 703 g/mol. The smallest absolute Gasteiger partial charge is 0.143 e. The van der Waals surface area contributed by atoms with Crippen molar-refractivity contribution in [1.82, 2.24) is 0 Å². The molecule has 0 spiro atoms.